The van der Waals surface area contributed by atoms with Crippen LogP contribution in [-0.4, -0.2) is 57.0 Å². The van der Waals surface area contributed by atoms with Crippen LogP contribution >= 0.6 is 7.82 Å². The molecule has 2 aliphatic heterocycles. The maximum absolute atomic E-state index is 11.9. The number of nitrogens with one attached hydrogen (secondary N) is 1. The number of aliphatic hydroxyl groups is 1. The molecule has 2 aliphatic rings. The Morgan fingerprint density at radius 2 is 2.35 bits per heavy atom. The van der Waals surface area contributed by atoms with Gasteiger partial charge in [0.05, 0.1) is 0 Å². The number of hydrogen-bond donors (Lipinski definition) is 4. The van der Waals surface area contributed by atoms with Gasteiger partial charge < -0.3 is 0 Å². The second kappa shape index (κ2) is 5.00. The first-order valence-electron chi connectivity index (χ1n) is 7.10. The molecule has 0 radical (unpaired) electrons. The molecule has 5 N–H and O–H groups in total. The summed E-state index contributed by atoms with van der Waals surface area (Å²) in [6, 6.07) is 1.57. The fourth-order valence-electron chi connectivity index (χ4n) is 3.02. The summed E-state index contributed by atoms with van der Waals surface area (Å²) in [5, 5.41) is 10.9. The Balaban J connectivity index is 1.73. The Hall–Kier alpha value is -1.49. The summed E-state index contributed by atoms with van der Waals surface area (Å²) < 4.78 is 18.0. The van der Waals surface area contributed by atoms with Crippen molar-refractivity contribution in [2.75, 3.05) is 12.3 Å². The van der Waals surface area contributed by atoms with Gasteiger partial charge in [-0.25, -0.2) is 0 Å². The zero-order valence-corrected chi connectivity index (χ0v) is 13.2. The van der Waals surface area contributed by atoms with Crippen LogP contribution in [0.5, 0.6) is 0 Å². The zero-order valence-electron chi connectivity index (χ0n) is 12.2. The van der Waals surface area contributed by atoms with Crippen molar-refractivity contribution in [3.8, 4) is 0 Å². The second-order valence-electron chi connectivity index (χ2n) is 5.76. The van der Waals surface area contributed by atoms with Crippen molar-refractivity contribution in [3.05, 3.63) is 22.6 Å². The molecule has 23 heavy (non-hydrogen) atoms. The number of anilines is 1. The van der Waals surface area contributed by atoms with Crippen molar-refractivity contribution >= 4 is 32.4 Å². The van der Waals surface area contributed by atoms with Crippen molar-refractivity contribution in [1.82, 2.24) is 14.5 Å². The molecule has 0 saturated carbocycles. The van der Waals surface area contributed by atoms with Crippen LogP contribution in [0.1, 0.15) is 6.23 Å². The van der Waals surface area contributed by atoms with Gasteiger partial charge in [0.1, 0.15) is 0 Å². The number of ether oxygens (including phenoxy) is 1. The van der Waals surface area contributed by atoms with Crippen LogP contribution in [0.3, 0.4) is 0 Å². The number of nitrogen functional groups attached to an aromatic ring is 1. The van der Waals surface area contributed by atoms with Crippen LogP contribution in [0.4, 0.5) is 5.95 Å². The molecule has 4 heterocycles. The molecule has 0 aromatic carbocycles. The van der Waals surface area contributed by atoms with E-state index in [0.717, 1.165) is 0 Å². The minimum absolute atomic E-state index is 0.0257. The Morgan fingerprint density at radius 1 is 1.57 bits per heavy atom. The van der Waals surface area contributed by atoms with Gasteiger partial charge in [0.2, 0.25) is 0 Å². The third-order valence-corrected chi connectivity index (χ3v) is 5.47. The number of fused-ring (bicyclic) bond motifs is 2. The Morgan fingerprint density at radius 3 is 3.13 bits per heavy atom. The molecule has 0 aliphatic carbocycles. The van der Waals surface area contributed by atoms with Crippen LogP contribution in [0.15, 0.2) is 17.1 Å². The van der Waals surface area contributed by atoms with Crippen molar-refractivity contribution in [1.29, 1.82) is 0 Å². The zero-order chi connectivity index (χ0) is 16.4. The summed E-state index contributed by atoms with van der Waals surface area (Å²) in [5.41, 5.74) is 5.52. The number of aromatic nitrogens is 3. The van der Waals surface area contributed by atoms with Gasteiger partial charge in [-0.05, 0) is 0 Å². The molecule has 1 unspecified atom stereocenters. The monoisotopic (exact) mass is 342 g/mol. The minimum atomic E-state index is -3.24. The van der Waals surface area contributed by atoms with E-state index in [9.17, 15) is 14.8 Å². The first-order chi connectivity index (χ1) is 10.9. The molecule has 2 saturated heterocycles. The Bertz CT molecular complexity index is 824. The summed E-state index contributed by atoms with van der Waals surface area (Å²) in [5.74, 6) is -0.0257. The molecule has 2 fully saturated rings. The molecule has 12 heteroatoms. The van der Waals surface area contributed by atoms with Gasteiger partial charge in [0.15, 0.2) is 0 Å². The second-order valence-corrected chi connectivity index (χ2v) is 8.08. The van der Waals surface area contributed by atoms with E-state index in [1.165, 1.54) is 12.1 Å². The van der Waals surface area contributed by atoms with Crippen molar-refractivity contribution in [2.24, 2.45) is 0 Å². The van der Waals surface area contributed by atoms with Crippen LogP contribution in [0.25, 0.3) is 11.0 Å². The van der Waals surface area contributed by atoms with Crippen molar-refractivity contribution in [2.45, 2.75) is 24.5 Å². The molecule has 0 amide bonds. The molecule has 10 nitrogen and oxygen atoms in total. The average Bonchev–Trinajstić information content (AvgIpc) is 3.00. The fraction of sp³-hybridized carbons (Fsp3) is 0.455. The van der Waals surface area contributed by atoms with Gasteiger partial charge >= 0.3 is 130 Å². The van der Waals surface area contributed by atoms with Gasteiger partial charge in [0, 0.05) is 0 Å². The van der Waals surface area contributed by atoms with Gasteiger partial charge in [-0.2, -0.15) is 0 Å². The predicted octanol–water partition coefficient (Wildman–Crippen LogP) is -1.98. The molecule has 4 rings (SSSR count). The van der Waals surface area contributed by atoms with Gasteiger partial charge in [0.25, 0.3) is 0 Å². The molecule has 124 valence electrons. The van der Waals surface area contributed by atoms with Gasteiger partial charge in [-0.3, -0.25) is 0 Å². The van der Waals surface area contributed by atoms with E-state index in [0.29, 0.717) is 11.0 Å². The molecule has 2 aromatic heterocycles. The van der Waals surface area contributed by atoms with E-state index in [4.69, 9.17) is 19.5 Å². The molecular weight excluding hydrogens is 326 g/mol. The molecule has 0 bridgehead atoms. The summed E-state index contributed by atoms with van der Waals surface area (Å²) in [4.78, 5) is 28.3. The maximum atomic E-state index is 11.9. The third-order valence-electron chi connectivity index (χ3n) is 4.05. The first kappa shape index (κ1) is 15.1. The first-order valence-corrected chi connectivity index (χ1v) is 9.36. The number of nitrogens with zero attached hydrogens (tertiary/aromatic N) is 2. The molecule has 4 atom stereocenters. The third kappa shape index (κ3) is 2.37. The summed E-state index contributed by atoms with van der Waals surface area (Å²) >= 11 is 0. The van der Waals surface area contributed by atoms with E-state index in [1.54, 1.807) is 12.3 Å². The van der Waals surface area contributed by atoms with Crippen LogP contribution in [0, 0.1) is 0 Å². The van der Waals surface area contributed by atoms with E-state index in [1.807, 2.05) is 0 Å². The predicted molar refractivity (Wildman–Crippen MR) is 84.6 cm³/mol. The number of H-pyrrole nitrogens is 1. The number of rotatable bonds is 1. The molecule has 0 spiro atoms. The van der Waals surface area contributed by atoms with Crippen molar-refractivity contribution in [3.63, 3.8) is 0 Å². The standard InChI is InChI=1S/C11H16BN4O6P/c12-23(19)20-3-5-7(22-23)6(17)10(21-5)16-2-1-4-8(16)14-11(13)15-9(4)18/h1-2,5-7,10,17,19,23H,3,12H2,(H3,13,14,15,18)/t5-,6?,7+,10-/m1/s1. The number of aromatic amines is 1. The van der Waals surface area contributed by atoms with E-state index >= 15 is 0 Å². The average molecular weight is 342 g/mol. The number of aliphatic hydroxyl groups excluding tert-OH is 1. The van der Waals surface area contributed by atoms with Crippen LogP contribution < -0.4 is 11.3 Å². The summed E-state index contributed by atoms with van der Waals surface area (Å²) in [7, 11) is -1.76. The van der Waals surface area contributed by atoms with Crippen LogP contribution in [-0.2, 0) is 13.8 Å². The van der Waals surface area contributed by atoms with Gasteiger partial charge in [-0.1, -0.05) is 0 Å². The van der Waals surface area contributed by atoms with E-state index < -0.39 is 32.4 Å². The SMILES string of the molecule is B[PH]1(O)OC[C@H]2O[C@@H](n3ccc4c(=O)[nH]c(N)nc43)C(O)[C@H]2O1. The Labute approximate surface area is 131 Å². The fourth-order valence-corrected chi connectivity index (χ4v) is 4.36. The topological polar surface area (TPSA) is 145 Å². The summed E-state index contributed by atoms with van der Waals surface area (Å²) in [6.07, 6.45) is -1.48. The Kier molecular flexibility index (Phi) is 3.28. The number of nitrogens with two attached hydrogens (primary N) is 1. The molecular formula is C11H16BN4O6P. The van der Waals surface area contributed by atoms with Crippen molar-refractivity contribution < 1.29 is 23.8 Å². The van der Waals surface area contributed by atoms with E-state index in [-0.39, 0.29) is 18.1 Å². The normalized spacial score (nSPS) is 34.3. The quantitative estimate of drug-likeness (QED) is 0.345. The number of hydrogen-bond acceptors (Lipinski definition) is 8. The van der Waals surface area contributed by atoms with Crippen LogP contribution in [0.2, 0.25) is 0 Å². The summed E-state index contributed by atoms with van der Waals surface area (Å²) in [6.45, 7) is 0.132. The molecule has 2 aromatic rings. The van der Waals surface area contributed by atoms with Gasteiger partial charge in [-0.15, -0.1) is 0 Å². The van der Waals surface area contributed by atoms with E-state index in [2.05, 4.69) is 9.97 Å².